The summed E-state index contributed by atoms with van der Waals surface area (Å²) >= 11 is 0. The summed E-state index contributed by atoms with van der Waals surface area (Å²) in [6, 6.07) is 40.4. The smallest absolute Gasteiger partial charge is 0.0463 e. The van der Waals surface area contributed by atoms with E-state index >= 15 is 0 Å². The van der Waals surface area contributed by atoms with Gasteiger partial charge in [0, 0.05) is 34.1 Å². The van der Waals surface area contributed by atoms with E-state index in [4.69, 9.17) is 0 Å². The largest absolute Gasteiger partial charge is 0.314 e. The number of hydrogen-bond acceptors (Lipinski definition) is 2. The summed E-state index contributed by atoms with van der Waals surface area (Å²) in [5.74, 6) is 0. The average Bonchev–Trinajstić information content (AvgIpc) is 2.89. The van der Waals surface area contributed by atoms with Crippen LogP contribution in [0.2, 0.25) is 0 Å². The summed E-state index contributed by atoms with van der Waals surface area (Å²) in [7, 11) is 0. The molecule has 0 N–H and O–H groups in total. The van der Waals surface area contributed by atoms with Crippen molar-refractivity contribution >= 4 is 28.4 Å². The first-order chi connectivity index (χ1) is 16.3. The van der Waals surface area contributed by atoms with Gasteiger partial charge in [0.1, 0.15) is 0 Å². The highest BCUT2D eigenvalue weighted by Crippen LogP contribution is 2.37. The van der Waals surface area contributed by atoms with Crippen molar-refractivity contribution in [1.29, 1.82) is 0 Å². The zero-order valence-electron chi connectivity index (χ0n) is 19.3. The quantitative estimate of drug-likeness (QED) is 0.257. The fraction of sp³-hybridized carbons (Fsp3) is 0.0968. The molecular formula is C31H30N2. The van der Waals surface area contributed by atoms with Crippen LogP contribution >= 0.6 is 0 Å². The molecule has 4 rings (SSSR count). The number of benzene rings is 4. The Morgan fingerprint density at radius 1 is 0.576 bits per heavy atom. The van der Waals surface area contributed by atoms with Gasteiger partial charge in [-0.05, 0) is 80.1 Å². The predicted octanol–water partition coefficient (Wildman–Crippen LogP) is 9.16. The van der Waals surface area contributed by atoms with E-state index in [1.54, 1.807) is 0 Å². The summed E-state index contributed by atoms with van der Waals surface area (Å²) < 4.78 is 0. The fourth-order valence-electron chi connectivity index (χ4n) is 3.97. The number of allylic oxidation sites excluding steroid dienone is 4. The molecule has 0 atom stereocenters. The molecule has 4 aromatic rings. The minimum atomic E-state index is 0.932. The second kappa shape index (κ2) is 11.0. The van der Waals surface area contributed by atoms with Crippen LogP contribution in [0.3, 0.4) is 0 Å². The van der Waals surface area contributed by atoms with Gasteiger partial charge in [0.25, 0.3) is 0 Å². The molecule has 0 aliphatic rings. The lowest BCUT2D eigenvalue weighted by atomic mass is 10.1. The SMILES string of the molecule is C/C=C\C=C(/CC)N(c1ccccc1)c1ccc(N(c2ccccc2)c2ccccc2)cc1. The molecule has 0 aromatic heterocycles. The molecule has 0 saturated carbocycles. The van der Waals surface area contributed by atoms with Crippen molar-refractivity contribution in [3.05, 3.63) is 139 Å². The van der Waals surface area contributed by atoms with Crippen LogP contribution in [0.5, 0.6) is 0 Å². The third-order valence-corrected chi connectivity index (χ3v) is 5.54. The number of anilines is 5. The minimum absolute atomic E-state index is 0.932. The van der Waals surface area contributed by atoms with Crippen LogP contribution in [0.25, 0.3) is 0 Å². The average molecular weight is 431 g/mol. The van der Waals surface area contributed by atoms with Gasteiger partial charge in [-0.15, -0.1) is 0 Å². The monoisotopic (exact) mass is 430 g/mol. The van der Waals surface area contributed by atoms with Crippen molar-refractivity contribution in [1.82, 2.24) is 0 Å². The minimum Gasteiger partial charge on any atom is -0.314 e. The summed E-state index contributed by atoms with van der Waals surface area (Å²) in [5.41, 5.74) is 6.95. The number of rotatable bonds is 8. The highest BCUT2D eigenvalue weighted by molar-refractivity contribution is 5.78. The van der Waals surface area contributed by atoms with Gasteiger partial charge in [-0.1, -0.05) is 73.7 Å². The van der Waals surface area contributed by atoms with E-state index in [1.165, 1.54) is 5.70 Å². The molecular weight excluding hydrogens is 400 g/mol. The van der Waals surface area contributed by atoms with Gasteiger partial charge in [0.15, 0.2) is 0 Å². The van der Waals surface area contributed by atoms with Crippen molar-refractivity contribution in [3.63, 3.8) is 0 Å². The van der Waals surface area contributed by atoms with E-state index < -0.39 is 0 Å². The van der Waals surface area contributed by atoms with Crippen molar-refractivity contribution in [3.8, 4) is 0 Å². The van der Waals surface area contributed by atoms with Crippen molar-refractivity contribution in [2.75, 3.05) is 9.80 Å². The standard InChI is InChI=1S/C31H30N2/c1-3-5-15-26(4-2)32(27-16-9-6-10-17-27)30-22-24-31(25-23-30)33(28-18-11-7-12-19-28)29-20-13-8-14-21-29/h3,5-25H,4H2,1-2H3/b5-3-,26-15+. The van der Waals surface area contributed by atoms with E-state index in [-0.39, 0.29) is 0 Å². The highest BCUT2D eigenvalue weighted by Gasteiger charge is 2.15. The summed E-state index contributed by atoms with van der Waals surface area (Å²) in [6.07, 6.45) is 7.30. The van der Waals surface area contributed by atoms with E-state index in [9.17, 15) is 0 Å². The van der Waals surface area contributed by atoms with Crippen LogP contribution in [-0.2, 0) is 0 Å². The second-order valence-electron chi connectivity index (χ2n) is 7.73. The van der Waals surface area contributed by atoms with Gasteiger partial charge in [0.2, 0.25) is 0 Å². The molecule has 0 unspecified atom stereocenters. The molecule has 2 heteroatoms. The molecule has 0 amide bonds. The summed E-state index contributed by atoms with van der Waals surface area (Å²) in [4.78, 5) is 4.62. The fourth-order valence-corrected chi connectivity index (χ4v) is 3.97. The van der Waals surface area contributed by atoms with Crippen LogP contribution in [0, 0.1) is 0 Å². The maximum Gasteiger partial charge on any atom is 0.0463 e. The van der Waals surface area contributed by atoms with Gasteiger partial charge in [-0.25, -0.2) is 0 Å². The Labute approximate surface area is 197 Å². The third kappa shape index (κ3) is 5.24. The van der Waals surface area contributed by atoms with Crippen LogP contribution in [0.15, 0.2) is 139 Å². The zero-order chi connectivity index (χ0) is 22.9. The second-order valence-corrected chi connectivity index (χ2v) is 7.73. The molecule has 164 valence electrons. The van der Waals surface area contributed by atoms with Gasteiger partial charge < -0.3 is 9.80 Å². The number of hydrogen-bond donors (Lipinski definition) is 0. The Bertz CT molecular complexity index is 1140. The van der Waals surface area contributed by atoms with Gasteiger partial charge >= 0.3 is 0 Å². The predicted molar refractivity (Wildman–Crippen MR) is 143 cm³/mol. The molecule has 33 heavy (non-hydrogen) atoms. The van der Waals surface area contributed by atoms with Crippen LogP contribution in [-0.4, -0.2) is 0 Å². The Morgan fingerprint density at radius 2 is 0.970 bits per heavy atom. The van der Waals surface area contributed by atoms with Crippen LogP contribution in [0.1, 0.15) is 20.3 Å². The van der Waals surface area contributed by atoms with Crippen LogP contribution < -0.4 is 9.80 Å². The van der Waals surface area contributed by atoms with Gasteiger partial charge in [-0.3, -0.25) is 0 Å². The molecule has 0 radical (unpaired) electrons. The normalized spacial score (nSPS) is 11.5. The molecule has 0 fully saturated rings. The molecule has 0 aliphatic heterocycles. The molecule has 0 aliphatic carbocycles. The lowest BCUT2D eigenvalue weighted by Crippen LogP contribution is -2.16. The van der Waals surface area contributed by atoms with E-state index in [0.717, 1.165) is 34.9 Å². The topological polar surface area (TPSA) is 6.48 Å². The number of para-hydroxylation sites is 3. The lowest BCUT2D eigenvalue weighted by Gasteiger charge is -2.29. The van der Waals surface area contributed by atoms with Crippen molar-refractivity contribution in [2.45, 2.75) is 20.3 Å². The maximum absolute atomic E-state index is 2.33. The Balaban J connectivity index is 1.77. The molecule has 4 aromatic carbocycles. The summed E-state index contributed by atoms with van der Waals surface area (Å²) in [6.45, 7) is 4.25. The lowest BCUT2D eigenvalue weighted by molar-refractivity contribution is 1.01. The Hall–Kier alpha value is -4.04. The molecule has 2 nitrogen and oxygen atoms in total. The van der Waals surface area contributed by atoms with E-state index in [2.05, 4.69) is 150 Å². The van der Waals surface area contributed by atoms with Crippen LogP contribution in [0.4, 0.5) is 28.4 Å². The molecule has 0 saturated heterocycles. The first-order valence-electron chi connectivity index (χ1n) is 11.5. The molecule has 0 spiro atoms. The van der Waals surface area contributed by atoms with Gasteiger partial charge in [-0.2, -0.15) is 0 Å². The molecule has 0 heterocycles. The number of nitrogens with zero attached hydrogens (tertiary/aromatic N) is 2. The zero-order valence-corrected chi connectivity index (χ0v) is 19.3. The van der Waals surface area contributed by atoms with Crippen molar-refractivity contribution < 1.29 is 0 Å². The first kappa shape index (κ1) is 22.2. The third-order valence-electron chi connectivity index (χ3n) is 5.54. The maximum atomic E-state index is 2.33. The summed E-state index contributed by atoms with van der Waals surface area (Å²) in [5, 5.41) is 0. The Morgan fingerprint density at radius 3 is 1.42 bits per heavy atom. The van der Waals surface area contributed by atoms with Gasteiger partial charge in [0.05, 0.1) is 0 Å². The molecule has 0 bridgehead atoms. The van der Waals surface area contributed by atoms with E-state index in [0.29, 0.717) is 0 Å². The Kier molecular flexibility index (Phi) is 7.40. The van der Waals surface area contributed by atoms with Crippen molar-refractivity contribution in [2.24, 2.45) is 0 Å². The first-order valence-corrected chi connectivity index (χ1v) is 11.5. The van der Waals surface area contributed by atoms with E-state index in [1.807, 2.05) is 6.92 Å². The highest BCUT2D eigenvalue weighted by atomic mass is 15.2.